The Balaban J connectivity index is 1.30. The lowest BCUT2D eigenvalue weighted by atomic mass is 9.82. The first-order valence-electron chi connectivity index (χ1n) is 9.89. The summed E-state index contributed by atoms with van der Waals surface area (Å²) in [4.78, 5) is 12.0. The molecule has 3 heteroatoms. The van der Waals surface area contributed by atoms with Crippen molar-refractivity contribution in [2.24, 2.45) is 0 Å². The van der Waals surface area contributed by atoms with E-state index >= 15 is 0 Å². The van der Waals surface area contributed by atoms with Gasteiger partial charge in [0, 0.05) is 25.0 Å². The van der Waals surface area contributed by atoms with Crippen LogP contribution in [0.2, 0.25) is 0 Å². The quantitative estimate of drug-likeness (QED) is 0.824. The molecule has 0 saturated heterocycles. The molecule has 1 aromatic rings. The van der Waals surface area contributed by atoms with Gasteiger partial charge in [-0.1, -0.05) is 49.6 Å². The molecule has 2 fully saturated rings. The highest BCUT2D eigenvalue weighted by molar-refractivity contribution is 5.76. The largest absolute Gasteiger partial charge is 0.353 e. The lowest BCUT2D eigenvalue weighted by Crippen LogP contribution is -2.39. The van der Waals surface area contributed by atoms with Gasteiger partial charge in [-0.2, -0.15) is 0 Å². The summed E-state index contributed by atoms with van der Waals surface area (Å²) in [5.41, 5.74) is 1.49. The fourth-order valence-corrected chi connectivity index (χ4v) is 4.29. The van der Waals surface area contributed by atoms with Gasteiger partial charge in [-0.05, 0) is 50.0 Å². The molecule has 2 N–H and O–H groups in total. The van der Waals surface area contributed by atoms with Gasteiger partial charge in [0.1, 0.15) is 0 Å². The Morgan fingerprint density at radius 1 is 0.875 bits per heavy atom. The van der Waals surface area contributed by atoms with Crippen LogP contribution in [-0.2, 0) is 4.79 Å². The average molecular weight is 329 g/mol. The van der Waals surface area contributed by atoms with Gasteiger partial charge in [0.25, 0.3) is 0 Å². The molecule has 132 valence electrons. The van der Waals surface area contributed by atoms with Crippen molar-refractivity contribution in [1.82, 2.24) is 10.6 Å². The first-order chi connectivity index (χ1) is 11.8. The Kier molecular flexibility index (Phi) is 6.71. The molecule has 2 aliphatic rings. The summed E-state index contributed by atoms with van der Waals surface area (Å²) in [6.45, 7) is 0.819. The topological polar surface area (TPSA) is 41.1 Å². The number of amides is 1. The number of benzene rings is 1. The van der Waals surface area contributed by atoms with Gasteiger partial charge in [0.05, 0.1) is 0 Å². The van der Waals surface area contributed by atoms with E-state index in [1.54, 1.807) is 0 Å². The lowest BCUT2D eigenvalue weighted by Gasteiger charge is -2.29. The molecule has 0 heterocycles. The minimum Gasteiger partial charge on any atom is -0.353 e. The van der Waals surface area contributed by atoms with Crippen LogP contribution >= 0.6 is 0 Å². The molecular formula is C21H32N2O. The average Bonchev–Trinajstić information content (AvgIpc) is 2.64. The van der Waals surface area contributed by atoms with E-state index in [0.717, 1.165) is 12.5 Å². The van der Waals surface area contributed by atoms with Crippen molar-refractivity contribution >= 4 is 5.91 Å². The van der Waals surface area contributed by atoms with Gasteiger partial charge in [-0.3, -0.25) is 4.79 Å². The van der Waals surface area contributed by atoms with E-state index in [-0.39, 0.29) is 5.91 Å². The van der Waals surface area contributed by atoms with Crippen molar-refractivity contribution in [2.45, 2.75) is 82.2 Å². The third-order valence-corrected chi connectivity index (χ3v) is 5.75. The molecule has 0 radical (unpaired) electrons. The van der Waals surface area contributed by atoms with Crippen LogP contribution in [0.25, 0.3) is 0 Å². The molecule has 24 heavy (non-hydrogen) atoms. The Hall–Kier alpha value is -1.35. The van der Waals surface area contributed by atoms with Crippen molar-refractivity contribution < 1.29 is 4.79 Å². The molecule has 0 unspecified atom stereocenters. The molecule has 2 aliphatic carbocycles. The standard InChI is InChI=1S/C21H32N2O/c24-21(23-20-9-5-2-6-10-20)15-16-22-19-13-11-18(12-14-19)17-7-3-1-4-8-17/h1,3-4,7-8,18-20,22H,2,5-6,9-16H2,(H,23,24)/t18-,19-. The normalized spacial score (nSPS) is 25.3. The number of carbonyl (C=O) groups is 1. The Labute approximate surface area is 146 Å². The smallest absolute Gasteiger partial charge is 0.221 e. The van der Waals surface area contributed by atoms with Crippen molar-refractivity contribution in [1.29, 1.82) is 0 Å². The highest BCUT2D eigenvalue weighted by Crippen LogP contribution is 2.32. The van der Waals surface area contributed by atoms with Crippen LogP contribution in [-0.4, -0.2) is 24.5 Å². The molecule has 0 aromatic heterocycles. The van der Waals surface area contributed by atoms with Crippen molar-refractivity contribution in [3.63, 3.8) is 0 Å². The second kappa shape index (κ2) is 9.22. The predicted molar refractivity (Wildman–Crippen MR) is 99.1 cm³/mol. The molecule has 0 atom stereocenters. The third-order valence-electron chi connectivity index (χ3n) is 5.75. The van der Waals surface area contributed by atoms with Crippen molar-refractivity contribution in [2.75, 3.05) is 6.54 Å². The zero-order valence-corrected chi connectivity index (χ0v) is 14.8. The molecular weight excluding hydrogens is 296 g/mol. The highest BCUT2D eigenvalue weighted by Gasteiger charge is 2.22. The zero-order valence-electron chi connectivity index (χ0n) is 14.8. The number of hydrogen-bond donors (Lipinski definition) is 2. The van der Waals surface area contributed by atoms with Gasteiger partial charge in [0.15, 0.2) is 0 Å². The van der Waals surface area contributed by atoms with Gasteiger partial charge in [-0.15, -0.1) is 0 Å². The molecule has 1 aromatic carbocycles. The second-order valence-electron chi connectivity index (χ2n) is 7.57. The van der Waals surface area contributed by atoms with Gasteiger partial charge in [-0.25, -0.2) is 0 Å². The van der Waals surface area contributed by atoms with Crippen LogP contribution < -0.4 is 10.6 Å². The van der Waals surface area contributed by atoms with Gasteiger partial charge < -0.3 is 10.6 Å². The first kappa shape index (κ1) is 17.5. The summed E-state index contributed by atoms with van der Waals surface area (Å²) in [6.07, 6.45) is 11.8. The summed E-state index contributed by atoms with van der Waals surface area (Å²) in [5.74, 6) is 0.950. The zero-order chi connectivity index (χ0) is 16.6. The number of nitrogens with one attached hydrogen (secondary N) is 2. The summed E-state index contributed by atoms with van der Waals surface area (Å²) < 4.78 is 0. The maximum absolute atomic E-state index is 12.0. The molecule has 0 aliphatic heterocycles. The molecule has 1 amide bonds. The monoisotopic (exact) mass is 328 g/mol. The van der Waals surface area contributed by atoms with Gasteiger partial charge in [0.2, 0.25) is 5.91 Å². The maximum Gasteiger partial charge on any atom is 0.221 e. The Morgan fingerprint density at radius 2 is 1.58 bits per heavy atom. The van der Waals surface area contributed by atoms with Crippen molar-refractivity contribution in [3.8, 4) is 0 Å². The second-order valence-corrected chi connectivity index (χ2v) is 7.57. The number of carbonyl (C=O) groups excluding carboxylic acids is 1. The Bertz CT molecular complexity index is 488. The molecule has 2 saturated carbocycles. The van der Waals surface area contributed by atoms with Crippen LogP contribution in [0.1, 0.15) is 75.7 Å². The summed E-state index contributed by atoms with van der Waals surface area (Å²) in [7, 11) is 0. The van der Waals surface area contributed by atoms with Crippen molar-refractivity contribution in [3.05, 3.63) is 35.9 Å². The van der Waals surface area contributed by atoms with E-state index in [4.69, 9.17) is 0 Å². The van der Waals surface area contributed by atoms with Crippen LogP contribution in [0.15, 0.2) is 30.3 Å². The summed E-state index contributed by atoms with van der Waals surface area (Å²) >= 11 is 0. The number of hydrogen-bond acceptors (Lipinski definition) is 2. The SMILES string of the molecule is O=C(CCN[C@H]1CC[C@H](c2ccccc2)CC1)NC1CCCCC1. The molecule has 3 rings (SSSR count). The van der Waals surface area contributed by atoms with Crippen LogP contribution in [0.5, 0.6) is 0 Å². The van der Waals surface area contributed by atoms with Crippen LogP contribution in [0.4, 0.5) is 0 Å². The van der Waals surface area contributed by atoms with E-state index in [1.807, 2.05) is 0 Å². The minimum atomic E-state index is 0.229. The first-order valence-corrected chi connectivity index (χ1v) is 9.89. The predicted octanol–water partition coefficient (Wildman–Crippen LogP) is 4.14. The maximum atomic E-state index is 12.0. The molecule has 3 nitrogen and oxygen atoms in total. The van der Waals surface area contributed by atoms with E-state index in [2.05, 4.69) is 41.0 Å². The van der Waals surface area contributed by atoms with E-state index in [9.17, 15) is 4.79 Å². The van der Waals surface area contributed by atoms with Crippen LogP contribution in [0.3, 0.4) is 0 Å². The summed E-state index contributed by atoms with van der Waals surface area (Å²) in [6, 6.07) is 11.9. The van der Waals surface area contributed by atoms with Gasteiger partial charge >= 0.3 is 0 Å². The minimum absolute atomic E-state index is 0.229. The van der Waals surface area contributed by atoms with E-state index < -0.39 is 0 Å². The third kappa shape index (κ3) is 5.34. The molecule has 0 spiro atoms. The van der Waals surface area contributed by atoms with E-state index in [1.165, 1.54) is 63.4 Å². The fraction of sp³-hybridized carbons (Fsp3) is 0.667. The highest BCUT2D eigenvalue weighted by atomic mass is 16.1. The Morgan fingerprint density at radius 3 is 2.29 bits per heavy atom. The lowest BCUT2D eigenvalue weighted by molar-refractivity contribution is -0.121. The van der Waals surface area contributed by atoms with E-state index in [0.29, 0.717) is 18.5 Å². The fourth-order valence-electron chi connectivity index (χ4n) is 4.29. The number of rotatable bonds is 6. The molecule has 0 bridgehead atoms. The summed E-state index contributed by atoms with van der Waals surface area (Å²) in [5, 5.41) is 6.81. The van der Waals surface area contributed by atoms with Crippen LogP contribution in [0, 0.1) is 0 Å².